The fraction of sp³-hybridized carbons (Fsp3) is 0.615. The van der Waals surface area contributed by atoms with E-state index in [4.69, 9.17) is 4.74 Å². The Kier molecular flexibility index (Phi) is 7.39. The first kappa shape index (κ1) is 23.8. The molecule has 2 amide bonds. The molecule has 1 spiro atoms. The van der Waals surface area contributed by atoms with E-state index in [-0.39, 0.29) is 17.7 Å². The van der Waals surface area contributed by atoms with Gasteiger partial charge in [-0.1, -0.05) is 37.6 Å². The van der Waals surface area contributed by atoms with E-state index >= 15 is 0 Å². The number of rotatable bonds is 8. The smallest absolute Gasteiger partial charge is 0.248 e. The number of carbonyl (C=O) groups is 2. The van der Waals surface area contributed by atoms with E-state index in [2.05, 4.69) is 29.3 Å². The number of unbranched alkanes of at least 4 members (excludes halogenated alkanes) is 1. The van der Waals surface area contributed by atoms with Crippen molar-refractivity contribution in [1.82, 2.24) is 15.1 Å². The number of piperidine rings is 1. The largest absolute Gasteiger partial charge is 0.497 e. The van der Waals surface area contributed by atoms with Crippen molar-refractivity contribution in [3.63, 3.8) is 0 Å². The maximum atomic E-state index is 13.6. The molecule has 0 bridgehead atoms. The van der Waals surface area contributed by atoms with Crippen LogP contribution in [0.25, 0.3) is 0 Å². The second-order valence-corrected chi connectivity index (χ2v) is 9.64. The Hall–Kier alpha value is -2.38. The molecular formula is C26H37N3O4. The summed E-state index contributed by atoms with van der Waals surface area (Å²) in [5.41, 5.74) is 0.388. The van der Waals surface area contributed by atoms with E-state index in [1.807, 2.05) is 29.2 Å². The molecule has 2 fully saturated rings. The summed E-state index contributed by atoms with van der Waals surface area (Å²) in [6.45, 7) is 4.95. The van der Waals surface area contributed by atoms with Gasteiger partial charge in [-0.05, 0) is 55.7 Å². The minimum Gasteiger partial charge on any atom is -0.497 e. The molecule has 2 aliphatic heterocycles. The topological polar surface area (TPSA) is 82.1 Å². The summed E-state index contributed by atoms with van der Waals surface area (Å²) in [7, 11) is 1.66. The van der Waals surface area contributed by atoms with E-state index in [9.17, 15) is 14.7 Å². The molecule has 2 atom stereocenters. The first-order valence-corrected chi connectivity index (χ1v) is 12.3. The van der Waals surface area contributed by atoms with E-state index in [1.165, 1.54) is 5.56 Å². The number of hydrogen-bond acceptors (Lipinski definition) is 5. The molecule has 4 rings (SSSR count). The normalized spacial score (nSPS) is 24.3. The number of nitrogens with zero attached hydrogens (tertiary/aromatic N) is 2. The van der Waals surface area contributed by atoms with Gasteiger partial charge in [0, 0.05) is 26.2 Å². The fourth-order valence-corrected chi connectivity index (χ4v) is 5.47. The predicted octanol–water partition coefficient (Wildman–Crippen LogP) is 2.48. The number of allylic oxidation sites excluding steroid dienone is 2. The number of amides is 2. The number of ether oxygens (including phenoxy) is 1. The van der Waals surface area contributed by atoms with Crippen molar-refractivity contribution in [2.75, 3.05) is 26.7 Å². The van der Waals surface area contributed by atoms with Gasteiger partial charge in [0.05, 0.1) is 13.2 Å². The van der Waals surface area contributed by atoms with Crippen molar-refractivity contribution >= 4 is 11.8 Å². The monoisotopic (exact) mass is 455 g/mol. The molecule has 33 heavy (non-hydrogen) atoms. The van der Waals surface area contributed by atoms with Crippen LogP contribution in [-0.2, 0) is 16.1 Å². The van der Waals surface area contributed by atoms with Gasteiger partial charge < -0.3 is 20.1 Å². The maximum absolute atomic E-state index is 13.6. The fourth-order valence-electron chi connectivity index (χ4n) is 5.47. The molecule has 7 nitrogen and oxygen atoms in total. The highest BCUT2D eigenvalue weighted by molar-refractivity contribution is 6.00. The van der Waals surface area contributed by atoms with Crippen LogP contribution < -0.4 is 10.1 Å². The number of nitrogens with one attached hydrogen (secondary N) is 1. The molecule has 1 aromatic carbocycles. The van der Waals surface area contributed by atoms with Crippen molar-refractivity contribution in [2.45, 2.75) is 69.7 Å². The third-order valence-corrected chi connectivity index (χ3v) is 7.61. The molecular weight excluding hydrogens is 418 g/mol. The van der Waals surface area contributed by atoms with Crippen LogP contribution >= 0.6 is 0 Å². The van der Waals surface area contributed by atoms with Crippen molar-refractivity contribution < 1.29 is 19.4 Å². The molecule has 2 saturated heterocycles. The van der Waals surface area contributed by atoms with Crippen LogP contribution in [0, 0.1) is 5.92 Å². The number of aliphatic hydroxyl groups excluding tert-OH is 1. The molecule has 0 radical (unpaired) electrons. The van der Waals surface area contributed by atoms with Crippen LogP contribution in [-0.4, -0.2) is 71.1 Å². The quantitative estimate of drug-likeness (QED) is 0.589. The Morgan fingerprint density at radius 1 is 1.15 bits per heavy atom. The predicted molar refractivity (Wildman–Crippen MR) is 127 cm³/mol. The van der Waals surface area contributed by atoms with Gasteiger partial charge in [0.2, 0.25) is 11.8 Å². The molecule has 1 aliphatic carbocycles. The van der Waals surface area contributed by atoms with Gasteiger partial charge in [0.25, 0.3) is 0 Å². The summed E-state index contributed by atoms with van der Waals surface area (Å²) in [6.07, 6.45) is 7.75. The van der Waals surface area contributed by atoms with Crippen LogP contribution in [0.1, 0.15) is 51.0 Å². The molecule has 0 aromatic heterocycles. The minimum atomic E-state index is -0.854. The van der Waals surface area contributed by atoms with Gasteiger partial charge in [-0.3, -0.25) is 14.5 Å². The Morgan fingerprint density at radius 2 is 1.82 bits per heavy atom. The number of carbonyl (C=O) groups excluding carboxylic acids is 2. The molecule has 2 heterocycles. The zero-order chi connectivity index (χ0) is 23.4. The standard InChI is InChI=1S/C26H37N3O4/c1-3-4-15-29-24(31)22(23(30)20-7-5-6-8-20)27-25(32)26(29)13-16-28(17-14-26)18-19-9-11-21(33-2)12-10-19/h5-6,9-12,20,22-23,30H,3-4,7-8,13-18H2,1-2H3,(H,27,32)/t22-,23-/m1/s1. The van der Waals surface area contributed by atoms with Crippen molar-refractivity contribution in [2.24, 2.45) is 5.92 Å². The number of aliphatic hydroxyl groups is 1. The van der Waals surface area contributed by atoms with Crippen molar-refractivity contribution in [1.29, 1.82) is 0 Å². The second kappa shape index (κ2) is 10.3. The van der Waals surface area contributed by atoms with Gasteiger partial charge in [-0.25, -0.2) is 0 Å². The van der Waals surface area contributed by atoms with Gasteiger partial charge >= 0.3 is 0 Å². The Morgan fingerprint density at radius 3 is 2.42 bits per heavy atom. The number of piperazine rings is 1. The molecule has 0 unspecified atom stereocenters. The van der Waals surface area contributed by atoms with Crippen molar-refractivity contribution in [3.05, 3.63) is 42.0 Å². The highest BCUT2D eigenvalue weighted by Gasteiger charge is 2.55. The lowest BCUT2D eigenvalue weighted by atomic mass is 9.79. The summed E-state index contributed by atoms with van der Waals surface area (Å²) < 4.78 is 5.24. The SMILES string of the molecule is CCCCN1C(=O)[C@@H]([C@H](O)C2CC=CC2)NC(=O)C12CCN(Cc1ccc(OC)cc1)CC2. The number of hydrogen-bond donors (Lipinski definition) is 2. The molecule has 0 saturated carbocycles. The van der Waals surface area contributed by atoms with E-state index in [0.29, 0.717) is 19.4 Å². The first-order valence-electron chi connectivity index (χ1n) is 12.3. The van der Waals surface area contributed by atoms with Crippen LogP contribution in [0.4, 0.5) is 0 Å². The highest BCUT2D eigenvalue weighted by atomic mass is 16.5. The maximum Gasteiger partial charge on any atom is 0.248 e. The van der Waals surface area contributed by atoms with Crippen LogP contribution in [0.3, 0.4) is 0 Å². The highest BCUT2D eigenvalue weighted by Crippen LogP contribution is 2.36. The molecule has 1 aromatic rings. The third-order valence-electron chi connectivity index (χ3n) is 7.61. The lowest BCUT2D eigenvalue weighted by molar-refractivity contribution is -0.165. The first-order chi connectivity index (χ1) is 16.0. The van der Waals surface area contributed by atoms with Gasteiger partial charge in [-0.15, -0.1) is 0 Å². The summed E-state index contributed by atoms with van der Waals surface area (Å²) in [6, 6.07) is 7.22. The molecule has 7 heteroatoms. The number of methoxy groups -OCH3 is 1. The van der Waals surface area contributed by atoms with Crippen LogP contribution in [0.5, 0.6) is 5.75 Å². The van der Waals surface area contributed by atoms with Gasteiger partial charge in [0.1, 0.15) is 17.3 Å². The zero-order valence-corrected chi connectivity index (χ0v) is 19.8. The Bertz CT molecular complexity index is 853. The second-order valence-electron chi connectivity index (χ2n) is 9.64. The average molecular weight is 456 g/mol. The molecule has 180 valence electrons. The van der Waals surface area contributed by atoms with Crippen LogP contribution in [0.15, 0.2) is 36.4 Å². The number of likely N-dealkylation sites (tertiary alicyclic amines) is 1. The van der Waals surface area contributed by atoms with Gasteiger partial charge in [0.15, 0.2) is 0 Å². The number of benzene rings is 1. The summed E-state index contributed by atoms with van der Waals surface area (Å²) in [5, 5.41) is 13.9. The summed E-state index contributed by atoms with van der Waals surface area (Å²) in [4.78, 5) is 31.2. The lowest BCUT2D eigenvalue weighted by Crippen LogP contribution is -2.75. The lowest BCUT2D eigenvalue weighted by Gasteiger charge is -2.52. The van der Waals surface area contributed by atoms with E-state index in [0.717, 1.165) is 51.1 Å². The zero-order valence-electron chi connectivity index (χ0n) is 19.8. The minimum absolute atomic E-state index is 0.00679. The van der Waals surface area contributed by atoms with E-state index in [1.54, 1.807) is 7.11 Å². The van der Waals surface area contributed by atoms with E-state index < -0.39 is 17.7 Å². The van der Waals surface area contributed by atoms with Gasteiger partial charge in [-0.2, -0.15) is 0 Å². The molecule has 3 aliphatic rings. The van der Waals surface area contributed by atoms with Crippen LogP contribution in [0.2, 0.25) is 0 Å². The summed E-state index contributed by atoms with van der Waals surface area (Å²) >= 11 is 0. The third kappa shape index (κ3) is 4.80. The Labute approximate surface area is 196 Å². The Balaban J connectivity index is 1.46. The summed E-state index contributed by atoms with van der Waals surface area (Å²) in [5.74, 6) is 0.612. The average Bonchev–Trinajstić information content (AvgIpc) is 3.38. The molecule has 2 N–H and O–H groups in total. The van der Waals surface area contributed by atoms with Crippen molar-refractivity contribution in [3.8, 4) is 5.75 Å².